The van der Waals surface area contributed by atoms with E-state index in [1.54, 1.807) is 0 Å². The molecule has 0 aromatic heterocycles. The standard InChI is InChI=1S/C15H22N2/c1-12(13-6-3-2-4-7-13)17-10-14(16)15(11-17)8-5-9-15/h2-4,6-7,12,14H,5,8-11,16H2,1H3. The molecule has 1 saturated carbocycles. The zero-order valence-corrected chi connectivity index (χ0v) is 10.6. The fourth-order valence-electron chi connectivity index (χ4n) is 3.43. The Kier molecular flexibility index (Phi) is 2.72. The van der Waals surface area contributed by atoms with Crippen LogP contribution in [0.5, 0.6) is 0 Å². The fourth-order valence-corrected chi connectivity index (χ4v) is 3.43. The summed E-state index contributed by atoms with van der Waals surface area (Å²) >= 11 is 0. The van der Waals surface area contributed by atoms with Gasteiger partial charge in [-0.2, -0.15) is 0 Å². The highest BCUT2D eigenvalue weighted by Crippen LogP contribution is 2.48. The molecule has 1 aromatic carbocycles. The van der Waals surface area contributed by atoms with E-state index in [2.05, 4.69) is 42.2 Å². The summed E-state index contributed by atoms with van der Waals surface area (Å²) in [6.45, 7) is 4.57. The van der Waals surface area contributed by atoms with E-state index >= 15 is 0 Å². The number of likely N-dealkylation sites (tertiary alicyclic amines) is 1. The van der Waals surface area contributed by atoms with Crippen LogP contribution in [0, 0.1) is 5.41 Å². The van der Waals surface area contributed by atoms with E-state index < -0.39 is 0 Å². The molecule has 0 radical (unpaired) electrons. The SMILES string of the molecule is CC(c1ccccc1)N1CC(N)C2(CCC2)C1. The largest absolute Gasteiger partial charge is 0.326 e. The minimum atomic E-state index is 0.391. The van der Waals surface area contributed by atoms with Crippen LogP contribution >= 0.6 is 0 Å². The first-order valence-electron chi connectivity index (χ1n) is 6.76. The molecule has 1 aliphatic carbocycles. The van der Waals surface area contributed by atoms with E-state index in [0.717, 1.165) is 6.54 Å². The van der Waals surface area contributed by atoms with Gasteiger partial charge in [-0.3, -0.25) is 4.90 Å². The van der Waals surface area contributed by atoms with Gasteiger partial charge in [0.05, 0.1) is 0 Å². The molecule has 92 valence electrons. The first kappa shape index (κ1) is 11.2. The topological polar surface area (TPSA) is 29.3 Å². The Bertz CT molecular complexity index is 383. The van der Waals surface area contributed by atoms with Gasteiger partial charge in [-0.25, -0.2) is 0 Å². The van der Waals surface area contributed by atoms with Crippen molar-refractivity contribution < 1.29 is 0 Å². The van der Waals surface area contributed by atoms with Crippen LogP contribution < -0.4 is 5.73 Å². The van der Waals surface area contributed by atoms with E-state index in [4.69, 9.17) is 5.73 Å². The van der Waals surface area contributed by atoms with Crippen LogP contribution in [0.25, 0.3) is 0 Å². The first-order valence-corrected chi connectivity index (χ1v) is 6.76. The van der Waals surface area contributed by atoms with Gasteiger partial charge < -0.3 is 5.73 Å². The van der Waals surface area contributed by atoms with Crippen LogP contribution in [0.15, 0.2) is 30.3 Å². The average Bonchev–Trinajstić information content (AvgIpc) is 2.67. The third-order valence-corrected chi connectivity index (χ3v) is 4.91. The van der Waals surface area contributed by atoms with Crippen molar-refractivity contribution >= 4 is 0 Å². The second-order valence-electron chi connectivity index (χ2n) is 5.84. The van der Waals surface area contributed by atoms with Gasteiger partial charge >= 0.3 is 0 Å². The molecule has 2 nitrogen and oxygen atoms in total. The fraction of sp³-hybridized carbons (Fsp3) is 0.600. The van der Waals surface area contributed by atoms with Crippen molar-refractivity contribution in [2.75, 3.05) is 13.1 Å². The summed E-state index contributed by atoms with van der Waals surface area (Å²) in [6.07, 6.45) is 4.06. The normalized spacial score (nSPS) is 29.2. The van der Waals surface area contributed by atoms with Crippen LogP contribution in [0.1, 0.15) is 37.8 Å². The highest BCUT2D eigenvalue weighted by atomic mass is 15.2. The predicted octanol–water partition coefficient (Wildman–Crippen LogP) is 2.56. The molecule has 0 bridgehead atoms. The van der Waals surface area contributed by atoms with Crippen molar-refractivity contribution in [2.24, 2.45) is 11.1 Å². The Morgan fingerprint density at radius 1 is 1.29 bits per heavy atom. The van der Waals surface area contributed by atoms with Crippen molar-refractivity contribution in [1.82, 2.24) is 4.90 Å². The van der Waals surface area contributed by atoms with E-state index in [0.29, 0.717) is 17.5 Å². The Labute approximate surface area is 104 Å². The molecule has 1 saturated heterocycles. The summed E-state index contributed by atoms with van der Waals surface area (Å²) < 4.78 is 0. The number of benzene rings is 1. The molecule has 2 fully saturated rings. The third kappa shape index (κ3) is 1.80. The lowest BCUT2D eigenvalue weighted by molar-refractivity contribution is 0.114. The maximum Gasteiger partial charge on any atom is 0.0320 e. The lowest BCUT2D eigenvalue weighted by atomic mass is 9.66. The van der Waals surface area contributed by atoms with Gasteiger partial charge in [0.25, 0.3) is 0 Å². The molecule has 2 atom stereocenters. The van der Waals surface area contributed by atoms with Gasteiger partial charge in [0.15, 0.2) is 0 Å². The van der Waals surface area contributed by atoms with Crippen molar-refractivity contribution in [2.45, 2.75) is 38.3 Å². The zero-order valence-electron chi connectivity index (χ0n) is 10.6. The maximum absolute atomic E-state index is 6.34. The van der Waals surface area contributed by atoms with Gasteiger partial charge in [-0.1, -0.05) is 36.8 Å². The van der Waals surface area contributed by atoms with Gasteiger partial charge in [-0.05, 0) is 30.7 Å². The molecular weight excluding hydrogens is 208 g/mol. The quantitative estimate of drug-likeness (QED) is 0.846. The molecule has 1 spiro atoms. The second kappa shape index (κ2) is 4.11. The maximum atomic E-state index is 6.34. The zero-order chi connectivity index (χ0) is 11.9. The summed E-state index contributed by atoms with van der Waals surface area (Å²) in [6, 6.07) is 11.7. The number of nitrogens with two attached hydrogens (primary N) is 1. The molecule has 2 aliphatic rings. The first-order chi connectivity index (χ1) is 8.21. The molecule has 2 N–H and O–H groups in total. The van der Waals surface area contributed by atoms with Crippen LogP contribution in [0.3, 0.4) is 0 Å². The monoisotopic (exact) mass is 230 g/mol. The Morgan fingerprint density at radius 2 is 2.00 bits per heavy atom. The van der Waals surface area contributed by atoms with Gasteiger partial charge in [0, 0.05) is 25.2 Å². The molecule has 1 heterocycles. The molecule has 1 aliphatic heterocycles. The second-order valence-corrected chi connectivity index (χ2v) is 5.84. The average molecular weight is 230 g/mol. The molecule has 0 amide bonds. The minimum Gasteiger partial charge on any atom is -0.326 e. The molecular formula is C15H22N2. The van der Waals surface area contributed by atoms with Gasteiger partial charge in [0.2, 0.25) is 0 Å². The van der Waals surface area contributed by atoms with Crippen LogP contribution in [0.2, 0.25) is 0 Å². The number of hydrogen-bond acceptors (Lipinski definition) is 2. The lowest BCUT2D eigenvalue weighted by Gasteiger charge is -2.41. The van der Waals surface area contributed by atoms with E-state index in [1.807, 2.05) is 0 Å². The van der Waals surface area contributed by atoms with E-state index in [-0.39, 0.29) is 0 Å². The summed E-state index contributed by atoms with van der Waals surface area (Å²) in [4.78, 5) is 2.57. The van der Waals surface area contributed by atoms with Gasteiger partial charge in [0.1, 0.15) is 0 Å². The lowest BCUT2D eigenvalue weighted by Crippen LogP contribution is -2.45. The Hall–Kier alpha value is -0.860. The molecule has 2 heteroatoms. The summed E-state index contributed by atoms with van der Waals surface area (Å²) in [5.41, 5.74) is 8.21. The molecule has 2 unspecified atom stereocenters. The van der Waals surface area contributed by atoms with Crippen molar-refractivity contribution in [3.05, 3.63) is 35.9 Å². The number of nitrogens with zero attached hydrogens (tertiary/aromatic N) is 1. The van der Waals surface area contributed by atoms with E-state index in [1.165, 1.54) is 31.4 Å². The van der Waals surface area contributed by atoms with Crippen molar-refractivity contribution in [3.63, 3.8) is 0 Å². The van der Waals surface area contributed by atoms with Crippen LogP contribution in [0.4, 0.5) is 0 Å². The molecule has 3 rings (SSSR count). The van der Waals surface area contributed by atoms with Crippen LogP contribution in [-0.4, -0.2) is 24.0 Å². The minimum absolute atomic E-state index is 0.391. The van der Waals surface area contributed by atoms with E-state index in [9.17, 15) is 0 Å². The smallest absolute Gasteiger partial charge is 0.0320 e. The number of rotatable bonds is 2. The summed E-state index contributed by atoms with van der Waals surface area (Å²) in [5.74, 6) is 0. The van der Waals surface area contributed by atoms with Crippen molar-refractivity contribution in [1.29, 1.82) is 0 Å². The molecule has 17 heavy (non-hydrogen) atoms. The summed E-state index contributed by atoms with van der Waals surface area (Å²) in [7, 11) is 0. The van der Waals surface area contributed by atoms with Gasteiger partial charge in [-0.15, -0.1) is 0 Å². The highest BCUT2D eigenvalue weighted by Gasteiger charge is 2.49. The predicted molar refractivity (Wildman–Crippen MR) is 70.7 cm³/mol. The number of hydrogen-bond donors (Lipinski definition) is 1. The highest BCUT2D eigenvalue weighted by molar-refractivity contribution is 5.19. The Balaban J connectivity index is 1.74. The van der Waals surface area contributed by atoms with Crippen LogP contribution in [-0.2, 0) is 0 Å². The summed E-state index contributed by atoms with van der Waals surface area (Å²) in [5, 5.41) is 0. The third-order valence-electron chi connectivity index (χ3n) is 4.91. The Morgan fingerprint density at radius 3 is 2.53 bits per heavy atom. The van der Waals surface area contributed by atoms with Crippen molar-refractivity contribution in [3.8, 4) is 0 Å². The molecule has 1 aromatic rings.